The highest BCUT2D eigenvalue weighted by molar-refractivity contribution is 7.89. The number of benzene rings is 2. The molecule has 4 aromatic rings. The summed E-state index contributed by atoms with van der Waals surface area (Å²) in [5.74, 6) is 0.501. The summed E-state index contributed by atoms with van der Waals surface area (Å²) >= 11 is 0. The summed E-state index contributed by atoms with van der Waals surface area (Å²) in [6.45, 7) is 0. The van der Waals surface area contributed by atoms with Crippen LogP contribution in [0.1, 0.15) is 15.9 Å². The van der Waals surface area contributed by atoms with Crippen LogP contribution in [0.25, 0.3) is 11.0 Å². The van der Waals surface area contributed by atoms with Crippen molar-refractivity contribution in [3.63, 3.8) is 0 Å². The van der Waals surface area contributed by atoms with E-state index in [1.165, 1.54) is 13.4 Å². The molecule has 11 heteroatoms. The number of amides is 1. The van der Waals surface area contributed by atoms with Crippen LogP contribution >= 0.6 is 0 Å². The van der Waals surface area contributed by atoms with Crippen molar-refractivity contribution in [3.05, 3.63) is 65.9 Å². The molecule has 2 heterocycles. The van der Waals surface area contributed by atoms with Crippen molar-refractivity contribution in [1.82, 2.24) is 15.0 Å². The fraction of sp³-hybridized carbons (Fsp3) is 0.136. The first kappa shape index (κ1) is 22.1. The third kappa shape index (κ3) is 5.04. The summed E-state index contributed by atoms with van der Waals surface area (Å²) in [6, 6.07) is 13.7. The molecule has 0 bridgehead atoms. The van der Waals surface area contributed by atoms with E-state index in [2.05, 4.69) is 25.6 Å². The highest BCUT2D eigenvalue weighted by Crippen LogP contribution is 2.31. The first-order valence-electron chi connectivity index (χ1n) is 9.86. The molecule has 170 valence electrons. The molecule has 0 spiro atoms. The smallest absolute Gasteiger partial charge is 0.250 e. The number of primary amides is 1. The van der Waals surface area contributed by atoms with E-state index in [0.29, 0.717) is 45.1 Å². The number of rotatable bonds is 8. The van der Waals surface area contributed by atoms with Crippen molar-refractivity contribution in [2.75, 3.05) is 24.0 Å². The molecule has 2 aromatic carbocycles. The summed E-state index contributed by atoms with van der Waals surface area (Å²) < 4.78 is 28.8. The van der Waals surface area contributed by atoms with Gasteiger partial charge in [0, 0.05) is 12.5 Å². The number of ether oxygens (including phenoxy) is 1. The predicted molar refractivity (Wildman–Crippen MR) is 127 cm³/mol. The van der Waals surface area contributed by atoms with E-state index in [9.17, 15) is 13.2 Å². The number of hydrogen-bond donors (Lipinski definition) is 4. The van der Waals surface area contributed by atoms with E-state index in [0.717, 1.165) is 0 Å². The molecule has 33 heavy (non-hydrogen) atoms. The number of anilines is 4. The van der Waals surface area contributed by atoms with Gasteiger partial charge in [0.05, 0.1) is 35.2 Å². The first-order chi connectivity index (χ1) is 15.7. The van der Waals surface area contributed by atoms with Crippen molar-refractivity contribution in [2.24, 2.45) is 5.73 Å². The first-order valence-corrected chi connectivity index (χ1v) is 11.9. The molecule has 0 aliphatic heterocycles. The lowest BCUT2D eigenvalue weighted by molar-refractivity contribution is 0.100. The highest BCUT2D eigenvalue weighted by Gasteiger charge is 2.15. The quantitative estimate of drug-likeness (QED) is 0.309. The van der Waals surface area contributed by atoms with E-state index in [1.54, 1.807) is 48.7 Å². The van der Waals surface area contributed by atoms with E-state index in [-0.39, 0.29) is 11.7 Å². The summed E-state index contributed by atoms with van der Waals surface area (Å²) in [5, 5.41) is 6.97. The Hall–Kier alpha value is -4.12. The lowest BCUT2D eigenvalue weighted by Gasteiger charge is -2.14. The number of aromatic amines is 1. The van der Waals surface area contributed by atoms with Gasteiger partial charge in [-0.15, -0.1) is 0 Å². The Morgan fingerprint density at radius 3 is 2.61 bits per heavy atom. The van der Waals surface area contributed by atoms with Gasteiger partial charge in [0.2, 0.25) is 5.95 Å². The van der Waals surface area contributed by atoms with Crippen LogP contribution in [0.4, 0.5) is 23.1 Å². The summed E-state index contributed by atoms with van der Waals surface area (Å²) in [6.07, 6.45) is 2.90. The van der Waals surface area contributed by atoms with Gasteiger partial charge in [0.15, 0.2) is 9.84 Å². The van der Waals surface area contributed by atoms with Crippen LogP contribution < -0.4 is 21.1 Å². The SMILES string of the molecule is COc1ccc(CS(C)(=O)=O)cc1Nc1nc(Nc2ccccc2C(N)=O)c2cc[nH]c2n1. The topological polar surface area (TPSA) is 152 Å². The maximum atomic E-state index is 11.8. The van der Waals surface area contributed by atoms with Gasteiger partial charge in [0.25, 0.3) is 5.91 Å². The molecule has 4 rings (SSSR count). The molecule has 5 N–H and O–H groups in total. The summed E-state index contributed by atoms with van der Waals surface area (Å²) in [4.78, 5) is 23.9. The molecule has 0 fully saturated rings. The maximum absolute atomic E-state index is 11.8. The average molecular weight is 467 g/mol. The monoisotopic (exact) mass is 466 g/mol. The molecule has 0 aliphatic rings. The minimum absolute atomic E-state index is 0.112. The maximum Gasteiger partial charge on any atom is 0.250 e. The van der Waals surface area contributed by atoms with Gasteiger partial charge in [-0.05, 0) is 35.9 Å². The second kappa shape index (κ2) is 8.79. The number of carbonyl (C=O) groups excluding carboxylic acids is 1. The zero-order valence-corrected chi connectivity index (χ0v) is 18.7. The molecular weight excluding hydrogens is 444 g/mol. The van der Waals surface area contributed by atoms with Crippen molar-refractivity contribution < 1.29 is 17.9 Å². The van der Waals surface area contributed by atoms with Crippen molar-refractivity contribution in [1.29, 1.82) is 0 Å². The molecule has 0 unspecified atom stereocenters. The fourth-order valence-electron chi connectivity index (χ4n) is 3.39. The minimum atomic E-state index is -3.21. The molecule has 0 radical (unpaired) electrons. The average Bonchev–Trinajstić information content (AvgIpc) is 3.22. The predicted octanol–water partition coefficient (Wildman–Crippen LogP) is 3.10. The van der Waals surface area contributed by atoms with Gasteiger partial charge >= 0.3 is 0 Å². The number of para-hydroxylation sites is 1. The molecule has 10 nitrogen and oxygen atoms in total. The molecule has 0 saturated carbocycles. The zero-order chi connectivity index (χ0) is 23.6. The second-order valence-corrected chi connectivity index (χ2v) is 9.54. The van der Waals surface area contributed by atoms with Crippen LogP contribution in [0.2, 0.25) is 0 Å². The number of nitrogens with zero attached hydrogens (tertiary/aromatic N) is 2. The van der Waals surface area contributed by atoms with Crippen LogP contribution in [0.3, 0.4) is 0 Å². The van der Waals surface area contributed by atoms with Crippen LogP contribution in [0.5, 0.6) is 5.75 Å². The van der Waals surface area contributed by atoms with Crippen molar-refractivity contribution in [2.45, 2.75) is 5.75 Å². The third-order valence-electron chi connectivity index (χ3n) is 4.80. The lowest BCUT2D eigenvalue weighted by Crippen LogP contribution is -2.13. The number of methoxy groups -OCH3 is 1. The Kier molecular flexibility index (Phi) is 5.88. The van der Waals surface area contributed by atoms with Gasteiger partial charge in [-0.25, -0.2) is 8.42 Å². The highest BCUT2D eigenvalue weighted by atomic mass is 32.2. The molecule has 0 aliphatic carbocycles. The van der Waals surface area contributed by atoms with Gasteiger partial charge in [0.1, 0.15) is 17.2 Å². The third-order valence-corrected chi connectivity index (χ3v) is 5.66. The number of carbonyl (C=O) groups is 1. The van der Waals surface area contributed by atoms with Gasteiger partial charge in [-0.3, -0.25) is 4.79 Å². The Morgan fingerprint density at radius 2 is 1.88 bits per heavy atom. The Labute approximate surface area is 190 Å². The zero-order valence-electron chi connectivity index (χ0n) is 17.9. The van der Waals surface area contributed by atoms with Crippen LogP contribution in [-0.4, -0.2) is 42.6 Å². The van der Waals surface area contributed by atoms with Crippen molar-refractivity contribution >= 4 is 49.9 Å². The number of sulfone groups is 1. The second-order valence-electron chi connectivity index (χ2n) is 7.40. The van der Waals surface area contributed by atoms with E-state index >= 15 is 0 Å². The standard InChI is InChI=1S/C22H22N6O4S/c1-32-18-8-7-13(12-33(2,30)31)11-17(18)26-22-27-20-15(9-10-24-20)21(28-22)25-16-6-4-3-5-14(16)19(23)29/h3-11H,12H2,1-2H3,(H2,23,29)(H3,24,25,26,27,28). The minimum Gasteiger partial charge on any atom is -0.495 e. The summed E-state index contributed by atoms with van der Waals surface area (Å²) in [7, 11) is -1.70. The molecular formula is C22H22N6O4S. The van der Waals surface area contributed by atoms with Crippen LogP contribution in [0.15, 0.2) is 54.7 Å². The molecule has 0 atom stereocenters. The normalized spacial score (nSPS) is 11.3. The number of nitrogens with two attached hydrogens (primary N) is 1. The van der Waals surface area contributed by atoms with Gasteiger partial charge in [-0.1, -0.05) is 18.2 Å². The number of nitrogens with one attached hydrogen (secondary N) is 3. The van der Waals surface area contributed by atoms with Crippen molar-refractivity contribution in [3.8, 4) is 5.75 Å². The van der Waals surface area contributed by atoms with Gasteiger partial charge in [-0.2, -0.15) is 9.97 Å². The molecule has 1 amide bonds. The van der Waals surface area contributed by atoms with Crippen LogP contribution in [0, 0.1) is 0 Å². The lowest BCUT2D eigenvalue weighted by atomic mass is 10.1. The number of fused-ring (bicyclic) bond motifs is 1. The molecule has 2 aromatic heterocycles. The molecule has 0 saturated heterocycles. The number of aromatic nitrogens is 3. The fourth-order valence-corrected chi connectivity index (χ4v) is 4.18. The Bertz CT molecular complexity index is 1450. The number of H-pyrrole nitrogens is 1. The van der Waals surface area contributed by atoms with E-state index in [4.69, 9.17) is 10.5 Å². The Morgan fingerprint density at radius 1 is 1.09 bits per heavy atom. The van der Waals surface area contributed by atoms with Gasteiger partial charge < -0.3 is 26.1 Å². The largest absolute Gasteiger partial charge is 0.495 e. The summed E-state index contributed by atoms with van der Waals surface area (Å²) in [5.41, 5.74) is 7.98. The van der Waals surface area contributed by atoms with E-state index in [1.807, 2.05) is 6.07 Å². The van der Waals surface area contributed by atoms with Crippen LogP contribution in [-0.2, 0) is 15.6 Å². The Balaban J connectivity index is 1.74. The number of hydrogen-bond acceptors (Lipinski definition) is 8. The van der Waals surface area contributed by atoms with E-state index < -0.39 is 15.7 Å².